The summed E-state index contributed by atoms with van der Waals surface area (Å²) in [6, 6.07) is 5.16. The van der Waals surface area contributed by atoms with Gasteiger partial charge in [-0.3, -0.25) is 4.68 Å². The first-order valence-corrected chi connectivity index (χ1v) is 7.13. The van der Waals surface area contributed by atoms with Crippen molar-refractivity contribution in [3.8, 4) is 6.07 Å². The first-order valence-electron chi connectivity index (χ1n) is 7.13. The van der Waals surface area contributed by atoms with Gasteiger partial charge in [0.1, 0.15) is 0 Å². The van der Waals surface area contributed by atoms with E-state index in [1.807, 2.05) is 0 Å². The van der Waals surface area contributed by atoms with Crippen LogP contribution in [0.5, 0.6) is 0 Å². The number of rotatable bonds is 3. The zero-order valence-corrected chi connectivity index (χ0v) is 11.4. The number of aryl methyl sites for hydroxylation is 1. The fraction of sp³-hybridized carbons (Fsp3) is 0.733. The molecule has 0 bridgehead atoms. The third-order valence-corrected chi connectivity index (χ3v) is 4.64. The molecule has 2 aliphatic carbocycles. The third-order valence-electron chi connectivity index (χ3n) is 4.64. The maximum atomic E-state index is 8.98. The predicted octanol–water partition coefficient (Wildman–Crippen LogP) is 3.29. The molecule has 18 heavy (non-hydrogen) atoms. The summed E-state index contributed by atoms with van der Waals surface area (Å²) in [5, 5.41) is 13.7. The minimum absolute atomic E-state index is 0.317. The summed E-state index contributed by atoms with van der Waals surface area (Å²) in [6.07, 6.45) is 3.22. The van der Waals surface area contributed by atoms with Crippen LogP contribution in [0, 0.1) is 29.1 Å². The highest BCUT2D eigenvalue weighted by atomic mass is 15.3. The van der Waals surface area contributed by atoms with Gasteiger partial charge in [0.2, 0.25) is 0 Å². The summed E-state index contributed by atoms with van der Waals surface area (Å²) in [7, 11) is 0. The number of hydrogen-bond donors (Lipinski definition) is 0. The van der Waals surface area contributed by atoms with E-state index in [1.165, 1.54) is 11.4 Å². The number of nitriles is 1. The van der Waals surface area contributed by atoms with Crippen LogP contribution in [0.4, 0.5) is 0 Å². The maximum absolute atomic E-state index is 8.98. The second-order valence-corrected chi connectivity index (χ2v) is 6.10. The van der Waals surface area contributed by atoms with Gasteiger partial charge >= 0.3 is 0 Å². The Hall–Kier alpha value is -1.30. The SMILES string of the molecule is CCc1cc(C2C3CC(C#N)CC32)n(C(C)C)n1. The first kappa shape index (κ1) is 11.8. The highest BCUT2D eigenvalue weighted by Gasteiger charge is 2.57. The molecule has 2 unspecified atom stereocenters. The highest BCUT2D eigenvalue weighted by molar-refractivity contribution is 5.28. The lowest BCUT2D eigenvalue weighted by Crippen LogP contribution is -2.09. The Bertz CT molecular complexity index is 482. The largest absolute Gasteiger partial charge is 0.267 e. The Morgan fingerprint density at radius 3 is 2.61 bits per heavy atom. The molecule has 0 aromatic carbocycles. The lowest BCUT2D eigenvalue weighted by atomic mass is 9.99. The van der Waals surface area contributed by atoms with E-state index in [4.69, 9.17) is 10.4 Å². The van der Waals surface area contributed by atoms with Gasteiger partial charge < -0.3 is 0 Å². The summed E-state index contributed by atoms with van der Waals surface area (Å²) in [4.78, 5) is 0. The molecular weight excluding hydrogens is 222 g/mol. The number of nitrogens with zero attached hydrogens (tertiary/aromatic N) is 3. The fourth-order valence-electron chi connectivity index (χ4n) is 3.68. The van der Waals surface area contributed by atoms with Crippen molar-refractivity contribution in [1.29, 1.82) is 5.26 Å². The summed E-state index contributed by atoms with van der Waals surface area (Å²) >= 11 is 0. The topological polar surface area (TPSA) is 41.6 Å². The van der Waals surface area contributed by atoms with Crippen LogP contribution in [0.15, 0.2) is 6.07 Å². The second-order valence-electron chi connectivity index (χ2n) is 6.10. The van der Waals surface area contributed by atoms with Crippen molar-refractivity contribution >= 4 is 0 Å². The predicted molar refractivity (Wildman–Crippen MR) is 70.0 cm³/mol. The molecule has 1 aromatic heterocycles. The minimum atomic E-state index is 0.317. The molecule has 96 valence electrons. The van der Waals surface area contributed by atoms with Gasteiger partial charge in [0.05, 0.1) is 11.8 Å². The van der Waals surface area contributed by atoms with Gasteiger partial charge in [-0.15, -0.1) is 0 Å². The number of hydrogen-bond acceptors (Lipinski definition) is 2. The Balaban J connectivity index is 1.83. The quantitative estimate of drug-likeness (QED) is 0.817. The lowest BCUT2D eigenvalue weighted by molar-refractivity contribution is 0.482. The van der Waals surface area contributed by atoms with Gasteiger partial charge in [0, 0.05) is 23.6 Å². The zero-order valence-electron chi connectivity index (χ0n) is 11.4. The molecule has 0 aliphatic heterocycles. The molecule has 2 saturated carbocycles. The molecule has 1 heterocycles. The van der Waals surface area contributed by atoms with Crippen LogP contribution in [0.25, 0.3) is 0 Å². The Morgan fingerprint density at radius 1 is 1.44 bits per heavy atom. The van der Waals surface area contributed by atoms with Crippen molar-refractivity contribution < 1.29 is 0 Å². The first-order chi connectivity index (χ1) is 8.65. The van der Waals surface area contributed by atoms with Gasteiger partial charge in [-0.2, -0.15) is 10.4 Å². The molecule has 0 N–H and O–H groups in total. The molecule has 2 atom stereocenters. The van der Waals surface area contributed by atoms with Crippen LogP contribution in [0.3, 0.4) is 0 Å². The van der Waals surface area contributed by atoms with Gasteiger partial charge in [-0.25, -0.2) is 0 Å². The van der Waals surface area contributed by atoms with Crippen LogP contribution in [0.2, 0.25) is 0 Å². The monoisotopic (exact) mass is 243 g/mol. The Kier molecular flexibility index (Phi) is 2.69. The molecule has 2 fully saturated rings. The van der Waals surface area contributed by atoms with E-state index in [0.29, 0.717) is 17.9 Å². The van der Waals surface area contributed by atoms with E-state index >= 15 is 0 Å². The van der Waals surface area contributed by atoms with Crippen LogP contribution in [-0.2, 0) is 6.42 Å². The molecular formula is C15H21N3. The fourth-order valence-corrected chi connectivity index (χ4v) is 3.68. The standard InChI is InChI=1S/C15H21N3/c1-4-11-7-14(18(17-11)9(2)3)15-12-5-10(8-16)6-13(12)15/h7,9-10,12-13,15H,4-6H2,1-3H3. The third kappa shape index (κ3) is 1.67. The zero-order chi connectivity index (χ0) is 12.9. The van der Waals surface area contributed by atoms with E-state index in [2.05, 4.69) is 37.6 Å². The molecule has 2 aliphatic rings. The maximum Gasteiger partial charge on any atom is 0.0656 e. The molecule has 3 rings (SSSR count). The normalized spacial score (nSPS) is 33.5. The number of fused-ring (bicyclic) bond motifs is 1. The average Bonchev–Trinajstić information content (AvgIpc) is 2.80. The highest BCUT2D eigenvalue weighted by Crippen LogP contribution is 2.64. The van der Waals surface area contributed by atoms with Crippen molar-refractivity contribution in [2.24, 2.45) is 17.8 Å². The van der Waals surface area contributed by atoms with Gasteiger partial charge in [0.15, 0.2) is 0 Å². The van der Waals surface area contributed by atoms with Crippen molar-refractivity contribution in [3.63, 3.8) is 0 Å². The van der Waals surface area contributed by atoms with Crippen LogP contribution in [0.1, 0.15) is 57.0 Å². The van der Waals surface area contributed by atoms with E-state index in [1.54, 1.807) is 0 Å². The molecule has 0 amide bonds. The number of aromatic nitrogens is 2. The van der Waals surface area contributed by atoms with E-state index < -0.39 is 0 Å². The molecule has 0 saturated heterocycles. The smallest absolute Gasteiger partial charge is 0.0656 e. The molecule has 1 aromatic rings. The van der Waals surface area contributed by atoms with Crippen molar-refractivity contribution in [1.82, 2.24) is 9.78 Å². The van der Waals surface area contributed by atoms with E-state index in [0.717, 1.165) is 31.1 Å². The van der Waals surface area contributed by atoms with Crippen molar-refractivity contribution in [2.45, 2.75) is 52.0 Å². The van der Waals surface area contributed by atoms with Gasteiger partial charge in [-0.1, -0.05) is 6.92 Å². The summed E-state index contributed by atoms with van der Waals surface area (Å²) in [5.41, 5.74) is 2.63. The Labute approximate surface area is 109 Å². The van der Waals surface area contributed by atoms with E-state index in [9.17, 15) is 0 Å². The molecule has 3 heteroatoms. The minimum Gasteiger partial charge on any atom is -0.267 e. The summed E-state index contributed by atoms with van der Waals surface area (Å²) in [6.45, 7) is 6.56. The van der Waals surface area contributed by atoms with Crippen molar-refractivity contribution in [3.05, 3.63) is 17.5 Å². The van der Waals surface area contributed by atoms with Crippen LogP contribution < -0.4 is 0 Å². The average molecular weight is 243 g/mol. The molecule has 3 nitrogen and oxygen atoms in total. The van der Waals surface area contributed by atoms with Crippen molar-refractivity contribution in [2.75, 3.05) is 0 Å². The van der Waals surface area contributed by atoms with Gasteiger partial charge in [-0.05, 0) is 51.0 Å². The summed E-state index contributed by atoms with van der Waals surface area (Å²) in [5.74, 6) is 2.52. The van der Waals surface area contributed by atoms with Crippen LogP contribution in [-0.4, -0.2) is 9.78 Å². The van der Waals surface area contributed by atoms with Gasteiger partial charge in [0.25, 0.3) is 0 Å². The molecule has 0 radical (unpaired) electrons. The lowest BCUT2D eigenvalue weighted by Gasteiger charge is -2.13. The second kappa shape index (κ2) is 4.12. The van der Waals surface area contributed by atoms with Crippen LogP contribution >= 0.6 is 0 Å². The summed E-state index contributed by atoms with van der Waals surface area (Å²) < 4.78 is 2.21. The Morgan fingerprint density at radius 2 is 2.11 bits per heavy atom. The molecule has 0 spiro atoms. The van der Waals surface area contributed by atoms with E-state index in [-0.39, 0.29) is 0 Å².